The molecule has 0 aliphatic heterocycles. The summed E-state index contributed by atoms with van der Waals surface area (Å²) in [6.07, 6.45) is 3.42. The molecule has 0 radical (unpaired) electrons. The molecule has 1 heterocycles. The monoisotopic (exact) mass is 422 g/mol. The molecular weight excluding hydrogens is 399 g/mol. The fraction of sp³-hybridized carbons (Fsp3) is 0.474. The van der Waals surface area contributed by atoms with Crippen molar-refractivity contribution in [1.82, 2.24) is 20.3 Å². The quantitative estimate of drug-likeness (QED) is 0.655. The maximum absolute atomic E-state index is 12.5. The molecule has 7 nitrogen and oxygen atoms in total. The number of carbonyl (C=O) groups is 1. The van der Waals surface area contributed by atoms with Gasteiger partial charge in [0.05, 0.1) is 0 Å². The topological polar surface area (TPSA) is 91.8 Å². The number of nitrogens with zero attached hydrogens (tertiary/aromatic N) is 3. The molecule has 1 aliphatic carbocycles. The van der Waals surface area contributed by atoms with Crippen LogP contribution in [0.4, 0.5) is 11.9 Å². The Balaban J connectivity index is 1.48. The Labute approximate surface area is 174 Å². The summed E-state index contributed by atoms with van der Waals surface area (Å²) in [6.45, 7) is 2.26. The number of hydrogen-bond donors (Lipinski definition) is 3. The van der Waals surface area contributed by atoms with Crippen LogP contribution in [0.2, 0.25) is 10.0 Å². The summed E-state index contributed by atoms with van der Waals surface area (Å²) in [7, 11) is 1.78. The minimum atomic E-state index is 0.0145. The van der Waals surface area contributed by atoms with E-state index >= 15 is 0 Å². The third kappa shape index (κ3) is 5.69. The van der Waals surface area contributed by atoms with E-state index in [4.69, 9.17) is 23.2 Å². The van der Waals surface area contributed by atoms with Gasteiger partial charge in [-0.1, -0.05) is 23.2 Å². The van der Waals surface area contributed by atoms with E-state index in [1.807, 2.05) is 19.1 Å². The van der Waals surface area contributed by atoms with Gasteiger partial charge in [-0.25, -0.2) is 0 Å². The van der Waals surface area contributed by atoms with Crippen molar-refractivity contribution in [2.24, 2.45) is 5.92 Å². The second kappa shape index (κ2) is 9.39. The molecule has 0 bridgehead atoms. The molecule has 1 aromatic heterocycles. The van der Waals surface area contributed by atoms with Crippen molar-refractivity contribution >= 4 is 41.0 Å². The fourth-order valence-corrected chi connectivity index (χ4v) is 3.96. The van der Waals surface area contributed by atoms with Gasteiger partial charge in [0.25, 0.3) is 0 Å². The van der Waals surface area contributed by atoms with Gasteiger partial charge >= 0.3 is 0 Å². The largest absolute Gasteiger partial charge is 0.357 e. The Morgan fingerprint density at radius 3 is 2.32 bits per heavy atom. The van der Waals surface area contributed by atoms with Gasteiger partial charge in [-0.3, -0.25) is 4.79 Å². The Morgan fingerprint density at radius 2 is 1.68 bits per heavy atom. The van der Waals surface area contributed by atoms with Crippen molar-refractivity contribution in [3.8, 4) is 0 Å². The van der Waals surface area contributed by atoms with E-state index < -0.39 is 0 Å². The molecule has 1 aromatic carbocycles. The molecule has 1 saturated carbocycles. The van der Waals surface area contributed by atoms with Gasteiger partial charge in [0.1, 0.15) is 5.82 Å². The normalized spacial score (nSPS) is 19.1. The number of carbonyl (C=O) groups excluding carboxylic acids is 1. The minimum absolute atomic E-state index is 0.0145. The summed E-state index contributed by atoms with van der Waals surface area (Å²) in [4.78, 5) is 25.4. The molecule has 3 rings (SSSR count). The summed E-state index contributed by atoms with van der Waals surface area (Å²) in [5.41, 5.74) is 0.895. The van der Waals surface area contributed by atoms with E-state index in [1.165, 1.54) is 0 Å². The van der Waals surface area contributed by atoms with Crippen LogP contribution in [0.15, 0.2) is 18.2 Å². The van der Waals surface area contributed by atoms with Crippen molar-refractivity contribution < 1.29 is 4.79 Å². The molecule has 0 unspecified atom stereocenters. The van der Waals surface area contributed by atoms with Gasteiger partial charge in [-0.15, -0.1) is 0 Å². The van der Waals surface area contributed by atoms with E-state index in [0.29, 0.717) is 34.3 Å². The molecule has 150 valence electrons. The summed E-state index contributed by atoms with van der Waals surface area (Å²) in [5, 5.41) is 10.4. The molecule has 28 heavy (non-hydrogen) atoms. The Kier molecular flexibility index (Phi) is 6.91. The molecule has 1 aliphatic rings. The molecule has 1 amide bonds. The first kappa shape index (κ1) is 20.6. The predicted molar refractivity (Wildman–Crippen MR) is 112 cm³/mol. The number of hydrogen-bond acceptors (Lipinski definition) is 6. The lowest BCUT2D eigenvalue weighted by molar-refractivity contribution is -0.126. The Bertz CT molecular complexity index is 819. The number of anilines is 2. The highest BCUT2D eigenvalue weighted by molar-refractivity contribution is 6.34. The van der Waals surface area contributed by atoms with Crippen molar-refractivity contribution in [2.45, 2.75) is 45.2 Å². The molecule has 2 aromatic rings. The van der Waals surface area contributed by atoms with Crippen molar-refractivity contribution in [2.75, 3.05) is 17.7 Å². The second-order valence-corrected chi connectivity index (χ2v) is 7.84. The van der Waals surface area contributed by atoms with Crippen LogP contribution in [-0.4, -0.2) is 33.9 Å². The van der Waals surface area contributed by atoms with Crippen molar-refractivity contribution in [1.29, 1.82) is 0 Å². The lowest BCUT2D eigenvalue weighted by Crippen LogP contribution is -2.36. The highest BCUT2D eigenvalue weighted by atomic mass is 35.5. The Morgan fingerprint density at radius 1 is 1.04 bits per heavy atom. The van der Waals surface area contributed by atoms with Gasteiger partial charge in [-0.2, -0.15) is 15.0 Å². The lowest BCUT2D eigenvalue weighted by Gasteiger charge is -2.28. The SMILES string of the molecule is CNc1nc(C)nc(NC2CCC(C(=O)NCc3cc(Cl)cc(Cl)c3)CC2)n1. The van der Waals surface area contributed by atoms with Gasteiger partial charge in [-0.05, 0) is 56.4 Å². The number of halogens is 2. The van der Waals surface area contributed by atoms with Gasteiger partial charge in [0, 0.05) is 35.6 Å². The van der Waals surface area contributed by atoms with Crippen LogP contribution in [-0.2, 0) is 11.3 Å². The maximum Gasteiger partial charge on any atom is 0.227 e. The number of aryl methyl sites for hydroxylation is 1. The number of rotatable bonds is 6. The zero-order valence-corrected chi connectivity index (χ0v) is 17.4. The van der Waals surface area contributed by atoms with E-state index in [0.717, 1.165) is 31.2 Å². The molecule has 0 atom stereocenters. The average Bonchev–Trinajstić information content (AvgIpc) is 2.65. The first-order valence-electron chi connectivity index (χ1n) is 9.32. The van der Waals surface area contributed by atoms with E-state index in [2.05, 4.69) is 30.9 Å². The zero-order chi connectivity index (χ0) is 20.1. The van der Waals surface area contributed by atoms with Crippen LogP contribution >= 0.6 is 23.2 Å². The minimum Gasteiger partial charge on any atom is -0.357 e. The zero-order valence-electron chi connectivity index (χ0n) is 15.9. The molecule has 0 spiro atoms. The van der Waals surface area contributed by atoms with Crippen LogP contribution in [0.5, 0.6) is 0 Å². The fourth-order valence-electron chi connectivity index (χ4n) is 3.39. The molecule has 9 heteroatoms. The third-order valence-electron chi connectivity index (χ3n) is 4.79. The predicted octanol–water partition coefficient (Wildman–Crippen LogP) is 3.82. The van der Waals surface area contributed by atoms with E-state index in [9.17, 15) is 4.79 Å². The number of amides is 1. The standard InChI is InChI=1S/C19H24Cl2N6O/c1-11-24-18(22-2)27-19(25-11)26-16-5-3-13(4-6-16)17(28)23-10-12-7-14(20)9-15(21)8-12/h7-9,13,16H,3-6,10H2,1-2H3,(H,23,28)(H2,22,24,25,26,27). The first-order valence-corrected chi connectivity index (χ1v) is 10.1. The molecular formula is C19H24Cl2N6O. The lowest BCUT2D eigenvalue weighted by atomic mass is 9.85. The van der Waals surface area contributed by atoms with Crippen LogP contribution < -0.4 is 16.0 Å². The van der Waals surface area contributed by atoms with E-state index in [-0.39, 0.29) is 17.9 Å². The number of benzene rings is 1. The summed E-state index contributed by atoms with van der Waals surface area (Å²) >= 11 is 12.0. The van der Waals surface area contributed by atoms with Gasteiger partial charge < -0.3 is 16.0 Å². The van der Waals surface area contributed by atoms with Crippen LogP contribution in [0, 0.1) is 12.8 Å². The molecule has 0 saturated heterocycles. The van der Waals surface area contributed by atoms with E-state index in [1.54, 1.807) is 13.1 Å². The van der Waals surface area contributed by atoms with Gasteiger partial charge in [0.15, 0.2) is 0 Å². The third-order valence-corrected chi connectivity index (χ3v) is 5.23. The van der Waals surface area contributed by atoms with Crippen LogP contribution in [0.25, 0.3) is 0 Å². The summed E-state index contributed by atoms with van der Waals surface area (Å²) < 4.78 is 0. The summed E-state index contributed by atoms with van der Waals surface area (Å²) in [6, 6.07) is 5.55. The highest BCUT2D eigenvalue weighted by Gasteiger charge is 2.26. The van der Waals surface area contributed by atoms with Crippen LogP contribution in [0.3, 0.4) is 0 Å². The Hall–Kier alpha value is -2.12. The first-order chi connectivity index (χ1) is 13.4. The molecule has 1 fully saturated rings. The number of nitrogens with one attached hydrogen (secondary N) is 3. The van der Waals surface area contributed by atoms with Crippen molar-refractivity contribution in [3.63, 3.8) is 0 Å². The summed E-state index contributed by atoms with van der Waals surface area (Å²) in [5.74, 6) is 1.87. The molecule has 3 N–H and O–H groups in total. The van der Waals surface area contributed by atoms with Crippen LogP contribution in [0.1, 0.15) is 37.1 Å². The van der Waals surface area contributed by atoms with Gasteiger partial charge in [0.2, 0.25) is 17.8 Å². The smallest absolute Gasteiger partial charge is 0.227 e. The second-order valence-electron chi connectivity index (χ2n) is 6.97. The maximum atomic E-state index is 12.5. The number of aromatic nitrogens is 3. The average molecular weight is 423 g/mol. The highest BCUT2D eigenvalue weighted by Crippen LogP contribution is 2.26. The van der Waals surface area contributed by atoms with Crippen molar-refractivity contribution in [3.05, 3.63) is 39.6 Å².